The van der Waals surface area contributed by atoms with Gasteiger partial charge in [-0.25, -0.2) is 0 Å². The van der Waals surface area contributed by atoms with Gasteiger partial charge in [0.1, 0.15) is 0 Å². The maximum absolute atomic E-state index is 12.7. The minimum absolute atomic E-state index is 0.0263. The van der Waals surface area contributed by atoms with Gasteiger partial charge < -0.3 is 13.7 Å². The maximum atomic E-state index is 12.7. The van der Waals surface area contributed by atoms with E-state index in [-0.39, 0.29) is 12.2 Å². The zero-order valence-corrected chi connectivity index (χ0v) is 15.1. The van der Waals surface area contributed by atoms with Crippen LogP contribution in [0.15, 0.2) is 42.5 Å². The molecule has 0 spiro atoms. The van der Waals surface area contributed by atoms with Crippen molar-refractivity contribution in [1.82, 2.24) is 0 Å². The number of carbonyl (C=O) groups is 1. The quantitative estimate of drug-likeness (QED) is 0.680. The van der Waals surface area contributed by atoms with Gasteiger partial charge in [0.25, 0.3) is 0 Å². The molecule has 2 rings (SSSR count). The molecule has 148 valence electrons. The molecular weight excluding hydrogens is 389 g/mol. The average molecular weight is 406 g/mol. The van der Waals surface area contributed by atoms with Crippen LogP contribution in [0.1, 0.15) is 5.56 Å². The standard InChI is InChI=1S/C17H17F3O6S/c1-24-14-7-6-13(10-15(14)26-27(22,23)17(18,19)20)12-5-3-4-11(8-12)9-16(21)25-2/h3-8,10,22-23H,9H2,1-2H3. The average Bonchev–Trinajstić information content (AvgIpc) is 2.60. The fourth-order valence-corrected chi connectivity index (χ4v) is 2.67. The third-order valence-corrected chi connectivity index (χ3v) is 4.52. The van der Waals surface area contributed by atoms with Crippen LogP contribution < -0.4 is 8.92 Å². The Bertz CT molecular complexity index is 823. The van der Waals surface area contributed by atoms with Gasteiger partial charge in [-0.1, -0.05) is 30.3 Å². The third kappa shape index (κ3) is 5.06. The number of methoxy groups -OCH3 is 2. The topological polar surface area (TPSA) is 85.2 Å². The summed E-state index contributed by atoms with van der Waals surface area (Å²) in [7, 11) is -2.88. The summed E-state index contributed by atoms with van der Waals surface area (Å²) < 4.78 is 70.6. The van der Waals surface area contributed by atoms with Crippen molar-refractivity contribution in [3.8, 4) is 22.6 Å². The fraction of sp³-hybridized carbons (Fsp3) is 0.235. The minimum Gasteiger partial charge on any atom is -0.493 e. The first-order valence-corrected chi connectivity index (χ1v) is 8.92. The lowest BCUT2D eigenvalue weighted by Gasteiger charge is -2.29. The van der Waals surface area contributed by atoms with E-state index in [4.69, 9.17) is 4.74 Å². The predicted octanol–water partition coefficient (Wildman–Crippen LogP) is 4.64. The van der Waals surface area contributed by atoms with Crippen LogP contribution in [-0.2, 0) is 16.0 Å². The molecule has 10 heteroatoms. The summed E-state index contributed by atoms with van der Waals surface area (Å²) >= 11 is 0. The first kappa shape index (κ1) is 20.9. The second kappa shape index (κ2) is 8.07. The monoisotopic (exact) mass is 406 g/mol. The van der Waals surface area contributed by atoms with Crippen molar-refractivity contribution in [3.05, 3.63) is 48.0 Å². The molecule has 0 saturated heterocycles. The number of carbonyl (C=O) groups excluding carboxylic acids is 1. The van der Waals surface area contributed by atoms with Gasteiger partial charge in [-0.3, -0.25) is 13.9 Å². The number of alkyl halides is 3. The molecular formula is C17H17F3O6S. The molecule has 0 fully saturated rings. The number of hydrogen-bond acceptors (Lipinski definition) is 6. The molecule has 0 unspecified atom stereocenters. The van der Waals surface area contributed by atoms with Crippen molar-refractivity contribution >= 4 is 16.8 Å². The van der Waals surface area contributed by atoms with Crippen LogP contribution in [0.25, 0.3) is 11.1 Å². The molecule has 27 heavy (non-hydrogen) atoms. The second-order valence-electron chi connectivity index (χ2n) is 5.34. The molecule has 0 saturated carbocycles. The Morgan fingerprint density at radius 2 is 1.70 bits per heavy atom. The molecule has 2 N–H and O–H groups in total. The molecule has 0 amide bonds. The molecule has 0 heterocycles. The second-order valence-corrected chi connectivity index (χ2v) is 6.97. The van der Waals surface area contributed by atoms with E-state index in [1.54, 1.807) is 30.3 Å². The lowest BCUT2D eigenvalue weighted by atomic mass is 10.0. The smallest absolute Gasteiger partial charge is 0.493 e. The molecule has 0 atom stereocenters. The van der Waals surface area contributed by atoms with Gasteiger partial charge in [-0.05, 0) is 28.8 Å². The zero-order valence-electron chi connectivity index (χ0n) is 14.3. The molecule has 6 nitrogen and oxygen atoms in total. The summed E-state index contributed by atoms with van der Waals surface area (Å²) in [6.45, 7) is 0. The number of rotatable bonds is 6. The van der Waals surface area contributed by atoms with Crippen molar-refractivity contribution in [2.24, 2.45) is 0 Å². The van der Waals surface area contributed by atoms with Gasteiger partial charge >= 0.3 is 11.5 Å². The summed E-state index contributed by atoms with van der Waals surface area (Å²) in [5.74, 6) is -1.02. The lowest BCUT2D eigenvalue weighted by Crippen LogP contribution is -2.24. The van der Waals surface area contributed by atoms with Crippen molar-refractivity contribution in [2.45, 2.75) is 11.9 Å². The summed E-state index contributed by atoms with van der Waals surface area (Å²) in [5, 5.41) is 0. The number of hydrogen-bond donors (Lipinski definition) is 2. The molecule has 0 bridgehead atoms. The van der Waals surface area contributed by atoms with Crippen molar-refractivity contribution in [3.63, 3.8) is 0 Å². The van der Waals surface area contributed by atoms with Crippen LogP contribution >= 0.6 is 10.9 Å². The van der Waals surface area contributed by atoms with Crippen LogP contribution in [0.5, 0.6) is 11.5 Å². The Kier molecular flexibility index (Phi) is 6.24. The van der Waals surface area contributed by atoms with Crippen LogP contribution in [0.2, 0.25) is 0 Å². The van der Waals surface area contributed by atoms with Gasteiger partial charge in [0.05, 0.1) is 20.6 Å². The number of halogens is 3. The zero-order chi connectivity index (χ0) is 20.2. The first-order valence-electron chi connectivity index (χ1n) is 7.45. The highest BCUT2D eigenvalue weighted by molar-refractivity contribution is 8.21. The Balaban J connectivity index is 2.40. The maximum Gasteiger partial charge on any atom is 0.504 e. The van der Waals surface area contributed by atoms with E-state index < -0.39 is 28.1 Å². The fourth-order valence-electron chi connectivity index (χ4n) is 2.19. The first-order chi connectivity index (χ1) is 12.6. The van der Waals surface area contributed by atoms with E-state index in [2.05, 4.69) is 8.92 Å². The number of esters is 1. The Morgan fingerprint density at radius 1 is 1.04 bits per heavy atom. The summed E-state index contributed by atoms with van der Waals surface area (Å²) in [5.41, 5.74) is -3.71. The predicted molar refractivity (Wildman–Crippen MR) is 93.7 cm³/mol. The van der Waals surface area contributed by atoms with Gasteiger partial charge in [0.2, 0.25) is 10.9 Å². The van der Waals surface area contributed by atoms with E-state index in [0.717, 1.165) is 0 Å². The largest absolute Gasteiger partial charge is 0.504 e. The molecule has 0 radical (unpaired) electrons. The summed E-state index contributed by atoms with van der Waals surface area (Å²) in [6, 6.07) is 10.8. The Morgan fingerprint density at radius 3 is 2.30 bits per heavy atom. The van der Waals surface area contributed by atoms with Crippen LogP contribution in [-0.4, -0.2) is 34.8 Å². The van der Waals surface area contributed by atoms with E-state index in [9.17, 15) is 27.1 Å². The molecule has 0 aliphatic rings. The Labute approximate surface area is 155 Å². The highest BCUT2D eigenvalue weighted by Crippen LogP contribution is 2.57. The Hall–Kier alpha value is -2.43. The lowest BCUT2D eigenvalue weighted by molar-refractivity contribution is -0.139. The molecule has 2 aromatic carbocycles. The number of benzene rings is 2. The van der Waals surface area contributed by atoms with Gasteiger partial charge in [-0.15, -0.1) is 0 Å². The van der Waals surface area contributed by atoms with Crippen molar-refractivity contribution < 1.29 is 40.7 Å². The SMILES string of the molecule is COC(=O)Cc1cccc(-c2ccc(OC)c(OS(O)(O)C(F)(F)F)c2)c1. The van der Waals surface area contributed by atoms with Gasteiger partial charge in [0.15, 0.2) is 11.5 Å². The third-order valence-electron chi connectivity index (χ3n) is 3.51. The van der Waals surface area contributed by atoms with E-state index >= 15 is 0 Å². The van der Waals surface area contributed by atoms with Crippen LogP contribution in [0, 0.1) is 0 Å². The highest BCUT2D eigenvalue weighted by Gasteiger charge is 2.52. The van der Waals surface area contributed by atoms with Crippen LogP contribution in [0.3, 0.4) is 0 Å². The normalized spacial score (nSPS) is 12.4. The highest BCUT2D eigenvalue weighted by atomic mass is 32.3. The molecule has 0 aliphatic heterocycles. The van der Waals surface area contributed by atoms with Crippen molar-refractivity contribution in [2.75, 3.05) is 14.2 Å². The minimum atomic E-state index is -5.35. The molecule has 2 aromatic rings. The van der Waals surface area contributed by atoms with Gasteiger partial charge in [0, 0.05) is 0 Å². The molecule has 0 aromatic heterocycles. The summed E-state index contributed by atoms with van der Waals surface area (Å²) in [4.78, 5) is 11.4. The van der Waals surface area contributed by atoms with E-state index in [0.29, 0.717) is 16.7 Å². The van der Waals surface area contributed by atoms with E-state index in [1.165, 1.54) is 26.4 Å². The van der Waals surface area contributed by atoms with Crippen LogP contribution in [0.4, 0.5) is 13.2 Å². The van der Waals surface area contributed by atoms with Gasteiger partial charge in [-0.2, -0.15) is 13.2 Å². The van der Waals surface area contributed by atoms with E-state index in [1.807, 2.05) is 0 Å². The molecule has 0 aliphatic carbocycles. The van der Waals surface area contributed by atoms with Crippen molar-refractivity contribution in [1.29, 1.82) is 0 Å². The number of ether oxygens (including phenoxy) is 2. The summed E-state index contributed by atoms with van der Waals surface area (Å²) in [6.07, 6.45) is 0.0263.